The summed E-state index contributed by atoms with van der Waals surface area (Å²) in [7, 11) is 0. The number of alkyl halides is 3. The summed E-state index contributed by atoms with van der Waals surface area (Å²) >= 11 is 7.31. The van der Waals surface area contributed by atoms with E-state index in [9.17, 15) is 13.2 Å². The Hall–Kier alpha value is -1.99. The highest BCUT2D eigenvalue weighted by atomic mass is 35.5. The summed E-state index contributed by atoms with van der Waals surface area (Å²) in [5.74, 6) is -0.269. The van der Waals surface area contributed by atoms with Gasteiger partial charge in [-0.2, -0.15) is 0 Å². The summed E-state index contributed by atoms with van der Waals surface area (Å²) < 4.78 is 41.0. The third-order valence-electron chi connectivity index (χ3n) is 2.69. The van der Waals surface area contributed by atoms with E-state index in [1.165, 1.54) is 35.6 Å². The van der Waals surface area contributed by atoms with E-state index >= 15 is 0 Å². The van der Waals surface area contributed by atoms with Gasteiger partial charge in [0.15, 0.2) is 5.13 Å². The molecule has 3 nitrogen and oxygen atoms in total. The Kier molecular flexibility index (Phi) is 3.84. The third-order valence-corrected chi connectivity index (χ3v) is 3.86. The molecule has 1 aromatic heterocycles. The lowest BCUT2D eigenvalue weighted by Crippen LogP contribution is -2.16. The van der Waals surface area contributed by atoms with Crippen LogP contribution in [0.15, 0.2) is 42.5 Å². The van der Waals surface area contributed by atoms with Crippen molar-refractivity contribution in [2.75, 3.05) is 5.32 Å². The molecule has 0 radical (unpaired) electrons. The number of fused-ring (bicyclic) bond motifs is 1. The zero-order chi connectivity index (χ0) is 15.7. The van der Waals surface area contributed by atoms with Crippen LogP contribution in [-0.2, 0) is 0 Å². The van der Waals surface area contributed by atoms with E-state index in [4.69, 9.17) is 11.6 Å². The summed E-state index contributed by atoms with van der Waals surface area (Å²) in [4.78, 5) is 4.37. The molecule has 0 aliphatic rings. The molecule has 0 saturated carbocycles. The fourth-order valence-electron chi connectivity index (χ4n) is 1.82. The molecule has 0 amide bonds. The summed E-state index contributed by atoms with van der Waals surface area (Å²) in [6, 6.07) is 10.8. The Morgan fingerprint density at radius 3 is 2.50 bits per heavy atom. The number of ether oxygens (including phenoxy) is 1. The van der Waals surface area contributed by atoms with Gasteiger partial charge in [-0.1, -0.05) is 22.9 Å². The number of hydrogen-bond donors (Lipinski definition) is 1. The number of benzene rings is 2. The molecule has 0 spiro atoms. The number of aromatic nitrogens is 1. The number of halogens is 4. The van der Waals surface area contributed by atoms with Gasteiger partial charge in [0.25, 0.3) is 0 Å². The number of rotatable bonds is 3. The molecule has 1 N–H and O–H groups in total. The predicted octanol–water partition coefficient (Wildman–Crippen LogP) is 5.59. The molecule has 2 aromatic carbocycles. The molecule has 22 heavy (non-hydrogen) atoms. The smallest absolute Gasteiger partial charge is 0.406 e. The molecule has 8 heteroatoms. The second-order valence-corrected chi connectivity index (χ2v) is 5.80. The predicted molar refractivity (Wildman–Crippen MR) is 81.0 cm³/mol. The highest BCUT2D eigenvalue weighted by Gasteiger charge is 2.30. The van der Waals surface area contributed by atoms with Gasteiger partial charge in [-0.15, -0.1) is 13.2 Å². The quantitative estimate of drug-likeness (QED) is 0.672. The van der Waals surface area contributed by atoms with Gasteiger partial charge in [-0.05, 0) is 42.5 Å². The van der Waals surface area contributed by atoms with Crippen LogP contribution in [0.4, 0.5) is 24.0 Å². The van der Waals surface area contributed by atoms with Crippen molar-refractivity contribution < 1.29 is 17.9 Å². The lowest BCUT2D eigenvalue weighted by molar-refractivity contribution is -0.274. The highest BCUT2D eigenvalue weighted by Crippen LogP contribution is 2.31. The minimum Gasteiger partial charge on any atom is -0.406 e. The van der Waals surface area contributed by atoms with Gasteiger partial charge < -0.3 is 10.1 Å². The standard InChI is InChI=1S/C14H8ClF3N2OS/c15-8-1-6-11-12(7-8)22-13(20-11)19-9-2-4-10(5-3-9)21-14(16,17)18/h1-7H,(H,19,20). The Balaban J connectivity index is 1.77. The SMILES string of the molecule is FC(F)(F)Oc1ccc(Nc2nc3ccc(Cl)cc3s2)cc1. The van der Waals surface area contributed by atoms with Crippen LogP contribution in [-0.4, -0.2) is 11.3 Å². The average Bonchev–Trinajstić information content (AvgIpc) is 2.80. The summed E-state index contributed by atoms with van der Waals surface area (Å²) in [5, 5.41) is 4.28. The van der Waals surface area contributed by atoms with Crippen molar-refractivity contribution in [1.29, 1.82) is 0 Å². The fourth-order valence-corrected chi connectivity index (χ4v) is 2.98. The van der Waals surface area contributed by atoms with Crippen LogP contribution in [0.5, 0.6) is 5.75 Å². The van der Waals surface area contributed by atoms with Crippen molar-refractivity contribution in [3.05, 3.63) is 47.5 Å². The number of nitrogens with one attached hydrogen (secondary N) is 1. The van der Waals surface area contributed by atoms with E-state index < -0.39 is 6.36 Å². The van der Waals surface area contributed by atoms with Crippen molar-refractivity contribution in [3.63, 3.8) is 0 Å². The van der Waals surface area contributed by atoms with E-state index in [0.717, 1.165) is 10.2 Å². The van der Waals surface area contributed by atoms with E-state index in [-0.39, 0.29) is 5.75 Å². The highest BCUT2D eigenvalue weighted by molar-refractivity contribution is 7.22. The maximum Gasteiger partial charge on any atom is 0.573 e. The monoisotopic (exact) mass is 344 g/mol. The second-order valence-electron chi connectivity index (χ2n) is 4.33. The average molecular weight is 345 g/mol. The van der Waals surface area contributed by atoms with Gasteiger partial charge in [-0.25, -0.2) is 4.98 Å². The Labute approximate surface area is 132 Å². The molecular weight excluding hydrogens is 337 g/mol. The van der Waals surface area contributed by atoms with Gasteiger partial charge in [0.2, 0.25) is 0 Å². The molecule has 3 rings (SSSR count). The van der Waals surface area contributed by atoms with Gasteiger partial charge >= 0.3 is 6.36 Å². The first-order chi connectivity index (χ1) is 10.4. The van der Waals surface area contributed by atoms with E-state index in [0.29, 0.717) is 15.8 Å². The van der Waals surface area contributed by atoms with Gasteiger partial charge in [0.05, 0.1) is 10.2 Å². The third kappa shape index (κ3) is 3.61. The molecule has 3 aromatic rings. The summed E-state index contributed by atoms with van der Waals surface area (Å²) in [6.45, 7) is 0. The van der Waals surface area contributed by atoms with Crippen molar-refractivity contribution in [1.82, 2.24) is 4.98 Å². The van der Waals surface area contributed by atoms with Crippen molar-refractivity contribution in [3.8, 4) is 5.75 Å². The van der Waals surface area contributed by atoms with Gasteiger partial charge in [0.1, 0.15) is 5.75 Å². The van der Waals surface area contributed by atoms with Crippen molar-refractivity contribution in [2.24, 2.45) is 0 Å². The Morgan fingerprint density at radius 2 is 1.82 bits per heavy atom. The molecule has 0 aliphatic carbocycles. The number of hydrogen-bond acceptors (Lipinski definition) is 4. The molecule has 0 fully saturated rings. The van der Waals surface area contributed by atoms with E-state index in [1.54, 1.807) is 18.2 Å². The first kappa shape index (κ1) is 14.9. The molecule has 0 aliphatic heterocycles. The van der Waals surface area contributed by atoms with E-state index in [2.05, 4.69) is 15.0 Å². The van der Waals surface area contributed by atoms with Crippen LogP contribution < -0.4 is 10.1 Å². The molecule has 0 saturated heterocycles. The van der Waals surface area contributed by atoms with Crippen LogP contribution in [0.2, 0.25) is 5.02 Å². The van der Waals surface area contributed by atoms with Crippen LogP contribution in [0.1, 0.15) is 0 Å². The first-order valence-electron chi connectivity index (χ1n) is 6.08. The Bertz CT molecular complexity index is 802. The fraction of sp³-hybridized carbons (Fsp3) is 0.0714. The van der Waals surface area contributed by atoms with Crippen LogP contribution in [0.25, 0.3) is 10.2 Å². The molecule has 0 unspecified atom stereocenters. The lowest BCUT2D eigenvalue weighted by atomic mass is 10.3. The zero-order valence-corrected chi connectivity index (χ0v) is 12.4. The lowest BCUT2D eigenvalue weighted by Gasteiger charge is -2.09. The van der Waals surface area contributed by atoms with Crippen LogP contribution >= 0.6 is 22.9 Å². The maximum absolute atomic E-state index is 12.1. The number of nitrogens with zero attached hydrogens (tertiary/aromatic N) is 1. The van der Waals surface area contributed by atoms with Crippen LogP contribution in [0, 0.1) is 0 Å². The second kappa shape index (κ2) is 5.66. The maximum atomic E-state index is 12.1. The molecule has 0 atom stereocenters. The van der Waals surface area contributed by atoms with Crippen molar-refractivity contribution >= 4 is 44.0 Å². The van der Waals surface area contributed by atoms with Crippen LogP contribution in [0.3, 0.4) is 0 Å². The van der Waals surface area contributed by atoms with Gasteiger partial charge in [-0.3, -0.25) is 0 Å². The normalized spacial score (nSPS) is 11.6. The number of thiazole rings is 1. The zero-order valence-electron chi connectivity index (χ0n) is 10.8. The summed E-state index contributed by atoms with van der Waals surface area (Å²) in [5.41, 5.74) is 1.41. The largest absolute Gasteiger partial charge is 0.573 e. The summed E-state index contributed by atoms with van der Waals surface area (Å²) in [6.07, 6.45) is -4.69. The van der Waals surface area contributed by atoms with E-state index in [1.807, 2.05) is 0 Å². The molecule has 0 bridgehead atoms. The number of anilines is 2. The Morgan fingerprint density at radius 1 is 1.09 bits per heavy atom. The topological polar surface area (TPSA) is 34.1 Å². The van der Waals surface area contributed by atoms with Gasteiger partial charge in [0, 0.05) is 10.7 Å². The van der Waals surface area contributed by atoms with Crippen molar-refractivity contribution in [2.45, 2.75) is 6.36 Å². The molecule has 1 heterocycles. The minimum absolute atomic E-state index is 0.269. The first-order valence-corrected chi connectivity index (χ1v) is 7.27. The molecular formula is C14H8ClF3N2OS. The molecule has 114 valence electrons. The minimum atomic E-state index is -4.69.